The van der Waals surface area contributed by atoms with E-state index >= 15 is 0 Å². The van der Waals surface area contributed by atoms with Crippen LogP contribution in [-0.4, -0.2) is 37.5 Å². The van der Waals surface area contributed by atoms with E-state index in [0.29, 0.717) is 22.8 Å². The largest absolute Gasteiger partial charge is 0.495 e. The molecule has 27 heavy (non-hydrogen) atoms. The lowest BCUT2D eigenvalue weighted by molar-refractivity contribution is 0.190. The van der Waals surface area contributed by atoms with Gasteiger partial charge in [0.1, 0.15) is 11.8 Å². The number of benzene rings is 2. The van der Waals surface area contributed by atoms with Crippen LogP contribution < -0.4 is 9.64 Å². The number of urea groups is 1. The second-order valence-corrected chi connectivity index (χ2v) is 6.76. The molecular weight excluding hydrogens is 364 g/mol. The van der Waals surface area contributed by atoms with E-state index in [1.54, 1.807) is 49.7 Å². The Kier molecular flexibility index (Phi) is 5.33. The summed E-state index contributed by atoms with van der Waals surface area (Å²) < 4.78 is 5.27. The number of hydrogen-bond donors (Lipinski definition) is 0. The highest BCUT2D eigenvalue weighted by atomic mass is 35.5. The summed E-state index contributed by atoms with van der Waals surface area (Å²) in [6.07, 6.45) is 2.21. The molecule has 1 aliphatic rings. The van der Waals surface area contributed by atoms with Gasteiger partial charge in [0.2, 0.25) is 0 Å². The van der Waals surface area contributed by atoms with Crippen LogP contribution >= 0.6 is 11.6 Å². The third kappa shape index (κ3) is 3.74. The lowest BCUT2D eigenvalue weighted by Crippen LogP contribution is -2.43. The minimum atomic E-state index is -0.249. The Bertz CT molecular complexity index is 934. The summed E-state index contributed by atoms with van der Waals surface area (Å²) in [5.41, 5.74) is 2.98. The summed E-state index contributed by atoms with van der Waals surface area (Å²) in [7, 11) is 3.22. The van der Waals surface area contributed by atoms with Crippen LogP contribution in [0.2, 0.25) is 5.02 Å². The van der Waals surface area contributed by atoms with Gasteiger partial charge >= 0.3 is 6.03 Å². The Morgan fingerprint density at radius 1 is 1.37 bits per heavy atom. The van der Waals surface area contributed by atoms with Crippen LogP contribution in [0.15, 0.2) is 41.5 Å². The number of hydrogen-bond acceptors (Lipinski definition) is 4. The van der Waals surface area contributed by atoms with Crippen molar-refractivity contribution < 1.29 is 9.53 Å². The number of carbonyl (C=O) groups excluding carboxylic acids is 1. The maximum atomic E-state index is 13.0. The van der Waals surface area contributed by atoms with Crippen LogP contribution in [-0.2, 0) is 6.42 Å². The van der Waals surface area contributed by atoms with E-state index in [1.807, 2.05) is 6.92 Å². The Balaban J connectivity index is 1.89. The third-order valence-corrected chi connectivity index (χ3v) is 4.78. The number of nitrogens with zero attached hydrogens (tertiary/aromatic N) is 4. The van der Waals surface area contributed by atoms with Gasteiger partial charge in [-0.2, -0.15) is 10.4 Å². The molecule has 6 nitrogen and oxygen atoms in total. The molecule has 2 aromatic carbocycles. The number of hydrazone groups is 1. The Labute approximate surface area is 163 Å². The van der Waals surface area contributed by atoms with Crippen molar-refractivity contribution in [2.24, 2.45) is 5.10 Å². The first kappa shape index (κ1) is 18.7. The topological polar surface area (TPSA) is 68.9 Å². The van der Waals surface area contributed by atoms with Crippen LogP contribution in [0.1, 0.15) is 23.6 Å². The van der Waals surface area contributed by atoms with E-state index in [-0.39, 0.29) is 12.1 Å². The highest BCUT2D eigenvalue weighted by Crippen LogP contribution is 2.27. The minimum absolute atomic E-state index is 0.176. The maximum Gasteiger partial charge on any atom is 0.344 e. The number of fused-ring (bicyclic) bond motifs is 1. The van der Waals surface area contributed by atoms with Gasteiger partial charge < -0.3 is 4.74 Å². The zero-order valence-corrected chi connectivity index (χ0v) is 16.1. The molecule has 138 valence electrons. The van der Waals surface area contributed by atoms with Gasteiger partial charge in [-0.25, -0.2) is 9.80 Å². The molecule has 1 aliphatic heterocycles. The molecule has 0 N–H and O–H groups in total. The predicted octanol–water partition coefficient (Wildman–Crippen LogP) is 4.06. The molecule has 2 amide bonds. The number of halogens is 1. The molecule has 0 bridgehead atoms. The fourth-order valence-corrected chi connectivity index (χ4v) is 3.13. The second-order valence-electron chi connectivity index (χ2n) is 6.32. The fraction of sp³-hybridized carbons (Fsp3) is 0.250. The van der Waals surface area contributed by atoms with Crippen molar-refractivity contribution in [2.75, 3.05) is 19.1 Å². The average molecular weight is 383 g/mol. The molecule has 7 heteroatoms. The van der Waals surface area contributed by atoms with Gasteiger partial charge in [-0.05, 0) is 55.3 Å². The summed E-state index contributed by atoms with van der Waals surface area (Å²) >= 11 is 5.92. The van der Waals surface area contributed by atoms with Crippen LogP contribution in [0, 0.1) is 11.3 Å². The lowest BCUT2D eigenvalue weighted by atomic mass is 9.98. The van der Waals surface area contributed by atoms with Crippen molar-refractivity contribution in [3.8, 4) is 11.8 Å². The van der Waals surface area contributed by atoms with E-state index in [1.165, 1.54) is 17.0 Å². The van der Waals surface area contributed by atoms with Crippen molar-refractivity contribution in [1.29, 1.82) is 5.26 Å². The Morgan fingerprint density at radius 3 is 2.70 bits per heavy atom. The second kappa shape index (κ2) is 7.68. The first-order valence-electron chi connectivity index (χ1n) is 8.42. The van der Waals surface area contributed by atoms with E-state index in [2.05, 4.69) is 11.2 Å². The van der Waals surface area contributed by atoms with Crippen LogP contribution in [0.4, 0.5) is 10.5 Å². The highest BCUT2D eigenvalue weighted by Gasteiger charge is 2.27. The molecule has 3 rings (SSSR count). The van der Waals surface area contributed by atoms with E-state index in [0.717, 1.165) is 16.8 Å². The number of methoxy groups -OCH3 is 1. The average Bonchev–Trinajstić information content (AvgIpc) is 2.83. The van der Waals surface area contributed by atoms with E-state index in [4.69, 9.17) is 16.3 Å². The number of anilines is 1. The normalized spacial score (nSPS) is 15.5. The van der Waals surface area contributed by atoms with Crippen molar-refractivity contribution in [2.45, 2.75) is 19.4 Å². The molecule has 1 unspecified atom stereocenters. The van der Waals surface area contributed by atoms with Gasteiger partial charge in [-0.1, -0.05) is 11.6 Å². The van der Waals surface area contributed by atoms with Crippen molar-refractivity contribution in [1.82, 2.24) is 5.01 Å². The molecule has 2 aromatic rings. The van der Waals surface area contributed by atoms with Gasteiger partial charge in [0, 0.05) is 23.3 Å². The van der Waals surface area contributed by atoms with Crippen LogP contribution in [0.3, 0.4) is 0 Å². The molecule has 0 radical (unpaired) electrons. The van der Waals surface area contributed by atoms with E-state index in [9.17, 15) is 10.1 Å². The van der Waals surface area contributed by atoms with Crippen LogP contribution in [0.5, 0.6) is 5.75 Å². The molecule has 0 fully saturated rings. The van der Waals surface area contributed by atoms with Gasteiger partial charge in [0.05, 0.1) is 24.9 Å². The summed E-state index contributed by atoms with van der Waals surface area (Å²) in [5.74, 6) is 0.494. The minimum Gasteiger partial charge on any atom is -0.495 e. The molecular formula is C20H19ClN4O2. The third-order valence-electron chi connectivity index (χ3n) is 4.53. The quantitative estimate of drug-likeness (QED) is 0.786. The van der Waals surface area contributed by atoms with Gasteiger partial charge in [-0.3, -0.25) is 4.90 Å². The zero-order valence-electron chi connectivity index (χ0n) is 15.3. The zero-order chi connectivity index (χ0) is 19.6. The highest BCUT2D eigenvalue weighted by molar-refractivity contribution is 6.30. The first-order valence-corrected chi connectivity index (χ1v) is 8.80. The smallest absolute Gasteiger partial charge is 0.344 e. The summed E-state index contributed by atoms with van der Waals surface area (Å²) in [6, 6.07) is 12.3. The Morgan fingerprint density at radius 2 is 2.07 bits per heavy atom. The Hall–Kier alpha value is -3.04. The molecule has 0 saturated carbocycles. The summed E-state index contributed by atoms with van der Waals surface area (Å²) in [6.45, 7) is 1.93. The number of carbonyl (C=O) groups is 1. The van der Waals surface area contributed by atoms with Gasteiger partial charge in [-0.15, -0.1) is 0 Å². The van der Waals surface area contributed by atoms with Crippen molar-refractivity contribution >= 4 is 29.5 Å². The summed E-state index contributed by atoms with van der Waals surface area (Å²) in [4.78, 5) is 14.5. The van der Waals surface area contributed by atoms with Crippen molar-refractivity contribution in [3.05, 3.63) is 58.1 Å². The fourth-order valence-electron chi connectivity index (χ4n) is 3.00. The first-order chi connectivity index (χ1) is 12.9. The van der Waals surface area contributed by atoms with Crippen LogP contribution in [0.25, 0.3) is 0 Å². The molecule has 0 aromatic heterocycles. The standard InChI is InChI=1S/C20H19ClN4O2/c1-13-8-14-9-15(11-22)19(27-3)10-16(14)12-23-25(13)20(26)24(2)18-6-4-17(21)5-7-18/h4-7,9-10,12-13H,8H2,1-3H3. The molecule has 0 saturated heterocycles. The maximum absolute atomic E-state index is 13.0. The van der Waals surface area contributed by atoms with E-state index < -0.39 is 0 Å². The summed E-state index contributed by atoms with van der Waals surface area (Å²) in [5, 5.41) is 15.8. The number of rotatable bonds is 2. The SMILES string of the molecule is COc1cc2c(cc1C#N)CC(C)N(C(=O)N(C)c1ccc(Cl)cc1)N=C2. The van der Waals surface area contributed by atoms with Gasteiger partial charge in [0.15, 0.2) is 0 Å². The number of ether oxygens (including phenoxy) is 1. The molecule has 1 heterocycles. The van der Waals surface area contributed by atoms with Crippen molar-refractivity contribution in [3.63, 3.8) is 0 Å². The molecule has 0 spiro atoms. The lowest BCUT2D eigenvalue weighted by Gasteiger charge is -2.28. The number of amides is 2. The molecule has 1 atom stereocenters. The molecule has 0 aliphatic carbocycles. The van der Waals surface area contributed by atoms with Gasteiger partial charge in [0.25, 0.3) is 0 Å². The number of nitriles is 1. The monoisotopic (exact) mass is 382 g/mol. The predicted molar refractivity (Wildman–Crippen MR) is 106 cm³/mol.